The fourth-order valence-corrected chi connectivity index (χ4v) is 2.61. The van der Waals surface area contributed by atoms with Gasteiger partial charge in [0.15, 0.2) is 5.54 Å². The summed E-state index contributed by atoms with van der Waals surface area (Å²) in [7, 11) is 0. The SMILES string of the molecule is O=C(CCc1ccsc1)NC1(C(=O)O)CCOC1. The van der Waals surface area contributed by atoms with Gasteiger partial charge in [-0.1, -0.05) is 0 Å². The maximum absolute atomic E-state index is 11.8. The van der Waals surface area contributed by atoms with Gasteiger partial charge in [-0.15, -0.1) is 0 Å². The Morgan fingerprint density at radius 2 is 2.39 bits per heavy atom. The fraction of sp³-hybridized carbons (Fsp3) is 0.500. The highest BCUT2D eigenvalue weighted by Crippen LogP contribution is 2.19. The van der Waals surface area contributed by atoms with Crippen LogP contribution >= 0.6 is 11.3 Å². The molecule has 1 amide bonds. The van der Waals surface area contributed by atoms with E-state index < -0.39 is 11.5 Å². The van der Waals surface area contributed by atoms with E-state index in [0.29, 0.717) is 25.9 Å². The Hall–Kier alpha value is -1.40. The minimum atomic E-state index is -1.23. The van der Waals surface area contributed by atoms with Gasteiger partial charge in [0.25, 0.3) is 0 Å². The van der Waals surface area contributed by atoms with Crippen LogP contribution in [0.5, 0.6) is 0 Å². The molecule has 1 aromatic rings. The average molecular weight is 269 g/mol. The lowest BCUT2D eigenvalue weighted by atomic mass is 9.98. The summed E-state index contributed by atoms with van der Waals surface area (Å²) in [4.78, 5) is 23.0. The molecule has 1 aromatic heterocycles. The summed E-state index contributed by atoms with van der Waals surface area (Å²) in [6.07, 6.45) is 1.25. The molecule has 0 bridgehead atoms. The number of hydrogen-bond acceptors (Lipinski definition) is 4. The molecular formula is C12H15NO4S. The zero-order valence-corrected chi connectivity index (χ0v) is 10.7. The Kier molecular flexibility index (Phi) is 3.98. The van der Waals surface area contributed by atoms with Gasteiger partial charge in [-0.25, -0.2) is 4.79 Å². The van der Waals surface area contributed by atoms with Gasteiger partial charge < -0.3 is 15.2 Å². The number of rotatable bonds is 5. The molecule has 1 aliphatic heterocycles. The molecule has 0 spiro atoms. The van der Waals surface area contributed by atoms with Crippen LogP contribution in [-0.2, 0) is 20.7 Å². The second-order valence-corrected chi connectivity index (χ2v) is 5.15. The number of carbonyl (C=O) groups is 2. The largest absolute Gasteiger partial charge is 0.479 e. The molecule has 1 unspecified atom stereocenters. The molecule has 6 heteroatoms. The van der Waals surface area contributed by atoms with Gasteiger partial charge in [-0.05, 0) is 28.8 Å². The van der Waals surface area contributed by atoms with Crippen LogP contribution < -0.4 is 5.32 Å². The quantitative estimate of drug-likeness (QED) is 0.837. The van der Waals surface area contributed by atoms with E-state index in [4.69, 9.17) is 4.74 Å². The van der Waals surface area contributed by atoms with Crippen molar-refractivity contribution < 1.29 is 19.4 Å². The van der Waals surface area contributed by atoms with Gasteiger partial charge in [-0.2, -0.15) is 11.3 Å². The molecule has 2 heterocycles. The summed E-state index contributed by atoms with van der Waals surface area (Å²) in [5.74, 6) is -1.27. The maximum atomic E-state index is 11.8. The Labute approximate surface area is 109 Å². The summed E-state index contributed by atoms with van der Waals surface area (Å²) in [6, 6.07) is 1.96. The lowest BCUT2D eigenvalue weighted by molar-refractivity contribution is -0.147. The van der Waals surface area contributed by atoms with Crippen molar-refractivity contribution in [1.29, 1.82) is 0 Å². The normalized spacial score (nSPS) is 22.9. The first kappa shape index (κ1) is 13.0. The topological polar surface area (TPSA) is 75.6 Å². The molecule has 0 saturated carbocycles. The van der Waals surface area contributed by atoms with Crippen molar-refractivity contribution in [2.45, 2.75) is 24.8 Å². The van der Waals surface area contributed by atoms with E-state index >= 15 is 0 Å². The lowest BCUT2D eigenvalue weighted by Crippen LogP contribution is -2.55. The molecule has 1 aliphatic rings. The smallest absolute Gasteiger partial charge is 0.331 e. The fourth-order valence-electron chi connectivity index (χ4n) is 1.91. The van der Waals surface area contributed by atoms with Crippen molar-refractivity contribution in [2.24, 2.45) is 0 Å². The molecule has 2 rings (SSSR count). The van der Waals surface area contributed by atoms with Crippen molar-refractivity contribution in [3.63, 3.8) is 0 Å². The number of carbonyl (C=O) groups excluding carboxylic acids is 1. The predicted octanol–water partition coefficient (Wildman–Crippen LogP) is 1.04. The van der Waals surface area contributed by atoms with E-state index in [2.05, 4.69) is 5.32 Å². The average Bonchev–Trinajstić information content (AvgIpc) is 2.97. The first-order chi connectivity index (χ1) is 8.62. The van der Waals surface area contributed by atoms with E-state index in [9.17, 15) is 14.7 Å². The first-order valence-electron chi connectivity index (χ1n) is 5.76. The van der Waals surface area contributed by atoms with Gasteiger partial charge >= 0.3 is 5.97 Å². The minimum Gasteiger partial charge on any atom is -0.479 e. The number of nitrogens with one attached hydrogen (secondary N) is 1. The van der Waals surface area contributed by atoms with E-state index in [-0.39, 0.29) is 12.5 Å². The van der Waals surface area contributed by atoms with Crippen molar-refractivity contribution >= 4 is 23.2 Å². The molecule has 0 aromatic carbocycles. The highest BCUT2D eigenvalue weighted by Gasteiger charge is 2.43. The van der Waals surface area contributed by atoms with Gasteiger partial charge in [0.2, 0.25) is 5.91 Å². The number of ether oxygens (including phenoxy) is 1. The summed E-state index contributed by atoms with van der Waals surface area (Å²) in [6.45, 7) is 0.420. The van der Waals surface area contributed by atoms with Crippen LogP contribution in [0.1, 0.15) is 18.4 Å². The number of aliphatic carboxylic acids is 1. The van der Waals surface area contributed by atoms with Crippen molar-refractivity contribution in [3.05, 3.63) is 22.4 Å². The van der Waals surface area contributed by atoms with Crippen LogP contribution in [0.15, 0.2) is 16.8 Å². The molecule has 2 N–H and O–H groups in total. The standard InChI is InChI=1S/C12H15NO4S/c14-10(2-1-9-3-6-18-7-9)13-12(11(15)16)4-5-17-8-12/h3,6-7H,1-2,4-5,8H2,(H,13,14)(H,15,16). The maximum Gasteiger partial charge on any atom is 0.331 e. The molecule has 1 atom stereocenters. The van der Waals surface area contributed by atoms with Crippen molar-refractivity contribution in [1.82, 2.24) is 5.32 Å². The number of amides is 1. The van der Waals surface area contributed by atoms with Gasteiger partial charge in [0.1, 0.15) is 0 Å². The van der Waals surface area contributed by atoms with Gasteiger partial charge in [-0.3, -0.25) is 4.79 Å². The number of carboxylic acid groups (broad SMARTS) is 1. The van der Waals surface area contributed by atoms with Crippen LogP contribution in [0, 0.1) is 0 Å². The summed E-state index contributed by atoms with van der Waals surface area (Å²) >= 11 is 1.58. The van der Waals surface area contributed by atoms with Gasteiger partial charge in [0.05, 0.1) is 6.61 Å². The second-order valence-electron chi connectivity index (χ2n) is 4.37. The highest BCUT2D eigenvalue weighted by molar-refractivity contribution is 7.07. The number of aryl methyl sites for hydroxylation is 1. The molecule has 98 valence electrons. The number of thiophene rings is 1. The molecular weight excluding hydrogens is 254 g/mol. The van der Waals surface area contributed by atoms with Crippen LogP contribution in [-0.4, -0.2) is 35.7 Å². The van der Waals surface area contributed by atoms with Crippen LogP contribution in [0.3, 0.4) is 0 Å². The first-order valence-corrected chi connectivity index (χ1v) is 6.70. The summed E-state index contributed by atoms with van der Waals surface area (Å²) in [5.41, 5.74) is -0.131. The third-order valence-corrected chi connectivity index (χ3v) is 3.76. The Morgan fingerprint density at radius 1 is 1.56 bits per heavy atom. The van der Waals surface area contributed by atoms with Crippen LogP contribution in [0.25, 0.3) is 0 Å². The number of hydrogen-bond donors (Lipinski definition) is 2. The molecule has 18 heavy (non-hydrogen) atoms. The van der Waals surface area contributed by atoms with Crippen molar-refractivity contribution in [3.8, 4) is 0 Å². The Bertz CT molecular complexity index is 423. The molecule has 1 saturated heterocycles. The van der Waals surface area contributed by atoms with Crippen molar-refractivity contribution in [2.75, 3.05) is 13.2 Å². The molecule has 5 nitrogen and oxygen atoms in total. The van der Waals surface area contributed by atoms with Gasteiger partial charge in [0, 0.05) is 19.4 Å². The van der Waals surface area contributed by atoms with E-state index in [1.165, 1.54) is 0 Å². The predicted molar refractivity (Wildman–Crippen MR) is 66.6 cm³/mol. The summed E-state index contributed by atoms with van der Waals surface area (Å²) < 4.78 is 5.08. The summed E-state index contributed by atoms with van der Waals surface area (Å²) in [5, 5.41) is 15.7. The second kappa shape index (κ2) is 5.49. The van der Waals surface area contributed by atoms with E-state index in [0.717, 1.165) is 5.56 Å². The van der Waals surface area contributed by atoms with E-state index in [1.54, 1.807) is 11.3 Å². The monoisotopic (exact) mass is 269 g/mol. The zero-order valence-electron chi connectivity index (χ0n) is 9.85. The molecule has 0 radical (unpaired) electrons. The number of carboxylic acids is 1. The Morgan fingerprint density at radius 3 is 2.94 bits per heavy atom. The Balaban J connectivity index is 1.88. The zero-order chi connectivity index (χ0) is 13.0. The third-order valence-electron chi connectivity index (χ3n) is 3.03. The van der Waals surface area contributed by atoms with Crippen LogP contribution in [0.2, 0.25) is 0 Å². The van der Waals surface area contributed by atoms with E-state index in [1.807, 2.05) is 16.8 Å². The highest BCUT2D eigenvalue weighted by atomic mass is 32.1. The molecule has 0 aliphatic carbocycles. The molecule has 1 fully saturated rings. The van der Waals surface area contributed by atoms with Crippen LogP contribution in [0.4, 0.5) is 0 Å². The third kappa shape index (κ3) is 2.88. The minimum absolute atomic E-state index is 0.0481. The lowest BCUT2D eigenvalue weighted by Gasteiger charge is -2.23.